The van der Waals surface area contributed by atoms with Crippen LogP contribution in [0.3, 0.4) is 0 Å². The number of rotatable bonds is 24. The Hall–Kier alpha value is 2.46. The third kappa shape index (κ3) is 69.0. The second-order valence-corrected chi connectivity index (χ2v) is 9.80. The smallest absolute Gasteiger partial charge is 0.303 e. The van der Waals surface area contributed by atoms with E-state index in [4.69, 9.17) is 15.3 Å². The summed E-state index contributed by atoms with van der Waals surface area (Å²) < 4.78 is 0. The second kappa shape index (κ2) is 50.1. The zero-order chi connectivity index (χ0) is 27.7. The first-order chi connectivity index (χ1) is 17.3. The third-order valence-electron chi connectivity index (χ3n) is 5.98. The van der Waals surface area contributed by atoms with Gasteiger partial charge in [-0.2, -0.15) is 0 Å². The van der Waals surface area contributed by atoms with Crippen LogP contribution in [0.1, 0.15) is 175 Å². The summed E-state index contributed by atoms with van der Waals surface area (Å²) in [6, 6.07) is 0. The minimum absolute atomic E-state index is 0. The summed E-state index contributed by atoms with van der Waals surface area (Å²) in [5.74, 6) is -1.99. The molecule has 0 atom stereocenters. The number of hydrogen-bond acceptors (Lipinski definition) is 3. The van der Waals surface area contributed by atoms with E-state index in [9.17, 15) is 14.4 Å². The Bertz CT molecular complexity index is 413. The van der Waals surface area contributed by atoms with Crippen LogP contribution < -0.4 is 0 Å². The molecule has 0 aliphatic heterocycles. The fraction of sp³-hybridized carbons (Fsp3) is 0.900. The standard InChI is InChI=1S/3C10H20O2.3Nd/c3*1-2-3-4-5-6-7-8-9-10(11)12;;;/h3*2-9H2,1H3,(H,11,12);;;. The Kier molecular flexibility index (Phi) is 69.3. The quantitative estimate of drug-likeness (QED) is 0.0832. The third-order valence-corrected chi connectivity index (χ3v) is 5.98. The van der Waals surface area contributed by atoms with Crippen molar-refractivity contribution in [3.8, 4) is 0 Å². The van der Waals surface area contributed by atoms with Crippen molar-refractivity contribution in [2.45, 2.75) is 175 Å². The van der Waals surface area contributed by atoms with Crippen molar-refractivity contribution in [2.75, 3.05) is 0 Å². The number of unbranched alkanes of at least 4 members (excludes halogenated alkanes) is 18. The van der Waals surface area contributed by atoms with Gasteiger partial charge in [-0.3, -0.25) is 14.4 Å². The zero-order valence-electron chi connectivity index (χ0n) is 25.5. The van der Waals surface area contributed by atoms with Gasteiger partial charge in [0.05, 0.1) is 0 Å². The van der Waals surface area contributed by atoms with Gasteiger partial charge in [0.25, 0.3) is 0 Å². The number of aliphatic carboxylic acids is 3. The molecule has 6 nitrogen and oxygen atoms in total. The van der Waals surface area contributed by atoms with E-state index in [1.165, 1.54) is 96.3 Å². The largest absolute Gasteiger partial charge is 0.481 e. The Balaban J connectivity index is -0.000000101. The van der Waals surface area contributed by atoms with Gasteiger partial charge in [-0.1, -0.05) is 136 Å². The average molecular weight is 950 g/mol. The van der Waals surface area contributed by atoms with Crippen LogP contribution in [0, 0.1) is 123 Å². The normalized spacial score (nSPS) is 9.31. The maximum absolute atomic E-state index is 10.1. The molecule has 0 saturated carbocycles. The van der Waals surface area contributed by atoms with E-state index in [0.717, 1.165) is 38.5 Å². The summed E-state index contributed by atoms with van der Waals surface area (Å²) in [7, 11) is 0. The van der Waals surface area contributed by atoms with Crippen molar-refractivity contribution >= 4 is 17.9 Å². The van der Waals surface area contributed by atoms with Crippen LogP contribution in [0.15, 0.2) is 0 Å². The van der Waals surface area contributed by atoms with E-state index in [-0.39, 0.29) is 123 Å². The zero-order valence-corrected chi connectivity index (χ0v) is 35.2. The molecule has 3 N–H and O–H groups in total. The first-order valence-electron chi connectivity index (χ1n) is 15.0. The molecular formula is C30H60Nd3O6. The number of carboxylic acid groups (broad SMARTS) is 3. The molecule has 0 amide bonds. The van der Waals surface area contributed by atoms with Crippen molar-refractivity contribution in [2.24, 2.45) is 0 Å². The van der Waals surface area contributed by atoms with Crippen molar-refractivity contribution in [1.29, 1.82) is 0 Å². The molecular weight excluding hydrogens is 889 g/mol. The van der Waals surface area contributed by atoms with Crippen LogP contribution >= 0.6 is 0 Å². The predicted molar refractivity (Wildman–Crippen MR) is 151 cm³/mol. The maximum atomic E-state index is 10.1. The van der Waals surface area contributed by atoms with Gasteiger partial charge in [0.1, 0.15) is 0 Å². The fourth-order valence-corrected chi connectivity index (χ4v) is 3.70. The summed E-state index contributed by atoms with van der Waals surface area (Å²) >= 11 is 0. The molecule has 0 aliphatic carbocycles. The van der Waals surface area contributed by atoms with Gasteiger partial charge < -0.3 is 15.3 Å². The first kappa shape index (κ1) is 54.0. The Morgan fingerprint density at radius 3 is 0.641 bits per heavy atom. The van der Waals surface area contributed by atoms with Gasteiger partial charge in [0.15, 0.2) is 0 Å². The predicted octanol–water partition coefficient (Wildman–Crippen LogP) is 9.64. The maximum Gasteiger partial charge on any atom is 0.303 e. The molecule has 0 unspecified atom stereocenters. The van der Waals surface area contributed by atoms with Crippen molar-refractivity contribution in [3.05, 3.63) is 0 Å². The van der Waals surface area contributed by atoms with E-state index in [2.05, 4.69) is 20.8 Å². The molecule has 39 heavy (non-hydrogen) atoms. The molecule has 0 radical (unpaired) electrons. The van der Waals surface area contributed by atoms with Crippen LogP contribution in [0.5, 0.6) is 0 Å². The molecule has 0 rings (SSSR count). The van der Waals surface area contributed by atoms with E-state index < -0.39 is 17.9 Å². The fourth-order valence-electron chi connectivity index (χ4n) is 3.70. The Morgan fingerprint density at radius 2 is 0.487 bits per heavy atom. The molecule has 0 aromatic carbocycles. The van der Waals surface area contributed by atoms with Crippen LogP contribution in [-0.4, -0.2) is 33.2 Å². The monoisotopic (exact) mass is 942 g/mol. The average Bonchev–Trinajstić information content (AvgIpc) is 2.83. The van der Waals surface area contributed by atoms with E-state index >= 15 is 0 Å². The molecule has 0 aromatic heterocycles. The van der Waals surface area contributed by atoms with Gasteiger partial charge in [-0.25, -0.2) is 0 Å². The second-order valence-electron chi connectivity index (χ2n) is 9.80. The molecule has 0 bridgehead atoms. The molecule has 0 spiro atoms. The molecule has 0 aliphatic rings. The molecule has 0 heterocycles. The van der Waals surface area contributed by atoms with Crippen LogP contribution in [0.2, 0.25) is 0 Å². The number of hydrogen-bond donors (Lipinski definition) is 3. The SMILES string of the molecule is CCCCCCCCCC(=O)O.CCCCCCCCCC(=O)O.CCCCCCCCCC(=O)O.[Nd].[Nd].[Nd]. The molecule has 9 heteroatoms. The molecule has 0 aromatic rings. The summed E-state index contributed by atoms with van der Waals surface area (Å²) in [5.41, 5.74) is 0. The topological polar surface area (TPSA) is 112 Å². The van der Waals surface area contributed by atoms with Crippen LogP contribution in [-0.2, 0) is 14.4 Å². The van der Waals surface area contributed by atoms with Crippen molar-refractivity contribution in [3.63, 3.8) is 0 Å². The Labute approximate surface area is 339 Å². The molecule has 0 saturated heterocycles. The number of carboxylic acids is 3. The molecule has 228 valence electrons. The van der Waals surface area contributed by atoms with Crippen LogP contribution in [0.25, 0.3) is 0 Å². The van der Waals surface area contributed by atoms with Crippen LogP contribution in [0.4, 0.5) is 0 Å². The van der Waals surface area contributed by atoms with Gasteiger partial charge in [-0.05, 0) is 19.3 Å². The summed E-state index contributed by atoms with van der Waals surface area (Å²) in [6.45, 7) is 6.60. The Morgan fingerprint density at radius 1 is 0.333 bits per heavy atom. The summed E-state index contributed by atoms with van der Waals surface area (Å²) in [6.07, 6.45) is 25.9. The van der Waals surface area contributed by atoms with Gasteiger partial charge in [-0.15, -0.1) is 0 Å². The van der Waals surface area contributed by atoms with E-state index in [0.29, 0.717) is 19.3 Å². The van der Waals surface area contributed by atoms with Crippen molar-refractivity contribution < 1.29 is 152 Å². The van der Waals surface area contributed by atoms with E-state index in [1.54, 1.807) is 0 Å². The molecule has 0 fully saturated rings. The minimum atomic E-state index is -0.663. The van der Waals surface area contributed by atoms with E-state index in [1.807, 2.05) is 0 Å². The summed E-state index contributed by atoms with van der Waals surface area (Å²) in [4.78, 5) is 30.4. The minimum Gasteiger partial charge on any atom is -0.481 e. The summed E-state index contributed by atoms with van der Waals surface area (Å²) in [5, 5.41) is 25.1. The van der Waals surface area contributed by atoms with Gasteiger partial charge in [0, 0.05) is 142 Å². The number of carbonyl (C=O) groups is 3. The first-order valence-corrected chi connectivity index (χ1v) is 15.0. The van der Waals surface area contributed by atoms with Crippen molar-refractivity contribution in [1.82, 2.24) is 0 Å². The van der Waals surface area contributed by atoms with Gasteiger partial charge >= 0.3 is 17.9 Å². The van der Waals surface area contributed by atoms with Gasteiger partial charge in [0.2, 0.25) is 0 Å².